The number of amides is 2. The van der Waals surface area contributed by atoms with Gasteiger partial charge in [0.25, 0.3) is 11.8 Å². The van der Waals surface area contributed by atoms with Crippen molar-refractivity contribution in [3.05, 3.63) is 95.8 Å². The third-order valence-electron chi connectivity index (χ3n) is 5.06. The third-order valence-corrected chi connectivity index (χ3v) is 5.06. The molecule has 0 fully saturated rings. The minimum atomic E-state index is -0.128. The van der Waals surface area contributed by atoms with E-state index in [0.717, 1.165) is 22.3 Å². The second kappa shape index (κ2) is 8.21. The number of imidazole rings is 1. The van der Waals surface area contributed by atoms with Crippen LogP contribution in [-0.4, -0.2) is 40.4 Å². The first-order valence-corrected chi connectivity index (χ1v) is 9.66. The maximum absolute atomic E-state index is 12.8. The molecule has 0 saturated carbocycles. The maximum atomic E-state index is 12.8. The Labute approximate surface area is 174 Å². The summed E-state index contributed by atoms with van der Waals surface area (Å²) >= 11 is 0. The highest BCUT2D eigenvalue weighted by molar-refractivity contribution is 5.95. The van der Waals surface area contributed by atoms with E-state index < -0.39 is 0 Å². The van der Waals surface area contributed by atoms with Crippen LogP contribution in [0.3, 0.4) is 0 Å². The second-order valence-electron chi connectivity index (χ2n) is 7.09. The number of hydrogen-bond donors (Lipinski definition) is 1. The quantitative estimate of drug-likeness (QED) is 0.558. The third kappa shape index (κ3) is 3.80. The van der Waals surface area contributed by atoms with E-state index in [-0.39, 0.29) is 11.8 Å². The molecular weight excluding hydrogens is 376 g/mol. The van der Waals surface area contributed by atoms with Crippen LogP contribution >= 0.6 is 0 Å². The maximum Gasteiger partial charge on any atom is 0.253 e. The van der Waals surface area contributed by atoms with Crippen LogP contribution in [0.1, 0.15) is 26.3 Å². The molecule has 0 bridgehead atoms. The SMILES string of the molecule is CNC(=O)c1ccc(CN(C)C(=O)c2ccc(-n3cnc4ccccc43)cc2)cc1. The lowest BCUT2D eigenvalue weighted by Crippen LogP contribution is -2.26. The Morgan fingerprint density at radius 2 is 1.60 bits per heavy atom. The average molecular weight is 398 g/mol. The van der Waals surface area contributed by atoms with Gasteiger partial charge in [0.2, 0.25) is 0 Å². The van der Waals surface area contributed by atoms with Crippen molar-refractivity contribution in [1.29, 1.82) is 0 Å². The van der Waals surface area contributed by atoms with Crippen molar-refractivity contribution in [2.45, 2.75) is 6.54 Å². The predicted octanol–water partition coefficient (Wildman–Crippen LogP) is 3.66. The molecule has 0 atom stereocenters. The lowest BCUT2D eigenvalue weighted by atomic mass is 10.1. The van der Waals surface area contributed by atoms with E-state index in [1.165, 1.54) is 0 Å². The smallest absolute Gasteiger partial charge is 0.253 e. The van der Waals surface area contributed by atoms with E-state index in [9.17, 15) is 9.59 Å². The van der Waals surface area contributed by atoms with Gasteiger partial charge in [0.05, 0.1) is 11.0 Å². The summed E-state index contributed by atoms with van der Waals surface area (Å²) in [6.07, 6.45) is 1.79. The van der Waals surface area contributed by atoms with Crippen molar-refractivity contribution in [2.24, 2.45) is 0 Å². The Hall–Kier alpha value is -3.93. The molecule has 0 saturated heterocycles. The summed E-state index contributed by atoms with van der Waals surface area (Å²) in [5.41, 5.74) is 5.08. The van der Waals surface area contributed by atoms with Crippen molar-refractivity contribution in [3.63, 3.8) is 0 Å². The molecule has 1 heterocycles. The van der Waals surface area contributed by atoms with Gasteiger partial charge < -0.3 is 10.2 Å². The van der Waals surface area contributed by atoms with Crippen molar-refractivity contribution in [3.8, 4) is 5.69 Å². The molecule has 1 N–H and O–H groups in total. The summed E-state index contributed by atoms with van der Waals surface area (Å²) in [5.74, 6) is -0.191. The molecule has 2 amide bonds. The molecule has 4 aromatic rings. The van der Waals surface area contributed by atoms with Gasteiger partial charge >= 0.3 is 0 Å². The van der Waals surface area contributed by atoms with Gasteiger partial charge in [-0.2, -0.15) is 0 Å². The van der Waals surface area contributed by atoms with Gasteiger partial charge in [0.1, 0.15) is 6.33 Å². The molecule has 6 heteroatoms. The molecule has 4 rings (SSSR count). The largest absolute Gasteiger partial charge is 0.355 e. The Bertz CT molecular complexity index is 1190. The van der Waals surface area contributed by atoms with Crippen LogP contribution in [0, 0.1) is 0 Å². The van der Waals surface area contributed by atoms with Crippen molar-refractivity contribution in [2.75, 3.05) is 14.1 Å². The molecule has 1 aromatic heterocycles. The zero-order chi connectivity index (χ0) is 21.1. The van der Waals surface area contributed by atoms with E-state index in [1.54, 1.807) is 37.5 Å². The number of benzene rings is 3. The number of carbonyl (C=O) groups excluding carboxylic acids is 2. The molecule has 6 nitrogen and oxygen atoms in total. The van der Waals surface area contributed by atoms with Crippen LogP contribution < -0.4 is 5.32 Å². The highest BCUT2D eigenvalue weighted by Crippen LogP contribution is 2.19. The van der Waals surface area contributed by atoms with Gasteiger partial charge in [-0.15, -0.1) is 0 Å². The van der Waals surface area contributed by atoms with Crippen LogP contribution in [0.4, 0.5) is 0 Å². The molecule has 0 radical (unpaired) electrons. The van der Waals surface area contributed by atoms with E-state index in [1.807, 2.05) is 65.2 Å². The fourth-order valence-electron chi connectivity index (χ4n) is 3.40. The molecule has 3 aromatic carbocycles. The molecule has 0 aliphatic rings. The van der Waals surface area contributed by atoms with Gasteiger partial charge in [-0.1, -0.05) is 24.3 Å². The van der Waals surface area contributed by atoms with Gasteiger partial charge in [-0.3, -0.25) is 14.2 Å². The number of nitrogens with one attached hydrogen (secondary N) is 1. The predicted molar refractivity (Wildman–Crippen MR) is 117 cm³/mol. The number of fused-ring (bicyclic) bond motifs is 1. The number of carbonyl (C=O) groups is 2. The van der Waals surface area contributed by atoms with E-state index in [2.05, 4.69) is 10.3 Å². The molecule has 0 aliphatic carbocycles. The van der Waals surface area contributed by atoms with Crippen molar-refractivity contribution >= 4 is 22.8 Å². The summed E-state index contributed by atoms with van der Waals surface area (Å²) < 4.78 is 2.00. The van der Waals surface area contributed by atoms with Gasteiger partial charge in [-0.25, -0.2) is 4.98 Å². The molecule has 0 spiro atoms. The standard InChI is InChI=1S/C24H22N4O2/c1-25-23(29)18-9-7-17(8-10-18)15-27(2)24(30)19-11-13-20(14-12-19)28-16-26-21-5-3-4-6-22(21)28/h3-14,16H,15H2,1-2H3,(H,25,29). The zero-order valence-corrected chi connectivity index (χ0v) is 16.9. The van der Waals surface area contributed by atoms with Gasteiger partial charge in [-0.05, 0) is 54.1 Å². The van der Waals surface area contributed by atoms with Crippen LogP contribution in [-0.2, 0) is 6.54 Å². The topological polar surface area (TPSA) is 67.2 Å². The van der Waals surface area contributed by atoms with Gasteiger partial charge in [0.15, 0.2) is 0 Å². The minimum Gasteiger partial charge on any atom is -0.355 e. The molecule has 0 unspecified atom stereocenters. The zero-order valence-electron chi connectivity index (χ0n) is 16.9. The monoisotopic (exact) mass is 398 g/mol. The fourth-order valence-corrected chi connectivity index (χ4v) is 3.40. The fraction of sp³-hybridized carbons (Fsp3) is 0.125. The van der Waals surface area contributed by atoms with Crippen LogP contribution in [0.5, 0.6) is 0 Å². The summed E-state index contributed by atoms with van der Waals surface area (Å²) in [7, 11) is 3.37. The number of hydrogen-bond acceptors (Lipinski definition) is 3. The average Bonchev–Trinajstić information content (AvgIpc) is 3.23. The first kappa shape index (κ1) is 19.4. The van der Waals surface area contributed by atoms with E-state index in [0.29, 0.717) is 17.7 Å². The van der Waals surface area contributed by atoms with Crippen LogP contribution in [0.15, 0.2) is 79.1 Å². The summed E-state index contributed by atoms with van der Waals surface area (Å²) in [5, 5.41) is 2.60. The van der Waals surface area contributed by atoms with Crippen molar-refractivity contribution in [1.82, 2.24) is 19.8 Å². The molecular formula is C24H22N4O2. The lowest BCUT2D eigenvalue weighted by molar-refractivity contribution is 0.0784. The molecule has 0 aliphatic heterocycles. The molecule has 30 heavy (non-hydrogen) atoms. The van der Waals surface area contributed by atoms with Crippen LogP contribution in [0.25, 0.3) is 16.7 Å². The normalized spacial score (nSPS) is 10.7. The number of para-hydroxylation sites is 2. The highest BCUT2D eigenvalue weighted by Gasteiger charge is 2.13. The minimum absolute atomic E-state index is 0.0626. The number of nitrogens with zero attached hydrogens (tertiary/aromatic N) is 3. The first-order valence-electron chi connectivity index (χ1n) is 9.66. The highest BCUT2D eigenvalue weighted by atomic mass is 16.2. The van der Waals surface area contributed by atoms with E-state index in [4.69, 9.17) is 0 Å². The Morgan fingerprint density at radius 3 is 2.30 bits per heavy atom. The van der Waals surface area contributed by atoms with Crippen LogP contribution in [0.2, 0.25) is 0 Å². The summed E-state index contributed by atoms with van der Waals surface area (Å²) in [6, 6.07) is 22.7. The second-order valence-corrected chi connectivity index (χ2v) is 7.09. The lowest BCUT2D eigenvalue weighted by Gasteiger charge is -2.18. The summed E-state index contributed by atoms with van der Waals surface area (Å²) in [4.78, 5) is 30.5. The Balaban J connectivity index is 1.47. The first-order chi connectivity index (χ1) is 14.6. The number of rotatable bonds is 5. The van der Waals surface area contributed by atoms with E-state index >= 15 is 0 Å². The molecule has 150 valence electrons. The number of aromatic nitrogens is 2. The summed E-state index contributed by atoms with van der Waals surface area (Å²) in [6.45, 7) is 0.459. The van der Waals surface area contributed by atoms with Crippen molar-refractivity contribution < 1.29 is 9.59 Å². The van der Waals surface area contributed by atoms with Gasteiger partial charge in [0, 0.05) is 37.5 Å². The Kier molecular flexibility index (Phi) is 5.30. The Morgan fingerprint density at radius 1 is 0.933 bits per heavy atom.